The molecule has 2 aromatic carbocycles. The van der Waals surface area contributed by atoms with Crippen LogP contribution >= 0.6 is 11.8 Å². The van der Waals surface area contributed by atoms with Crippen molar-refractivity contribution in [1.82, 2.24) is 0 Å². The van der Waals surface area contributed by atoms with Crippen molar-refractivity contribution in [3.8, 4) is 5.75 Å². The van der Waals surface area contributed by atoms with Crippen LogP contribution in [0.2, 0.25) is 0 Å². The van der Waals surface area contributed by atoms with E-state index in [-0.39, 0.29) is 5.78 Å². The Labute approximate surface area is 117 Å². The summed E-state index contributed by atoms with van der Waals surface area (Å²) in [6.07, 6.45) is 0. The fourth-order valence-electron chi connectivity index (χ4n) is 1.73. The third-order valence-corrected chi connectivity index (χ3v) is 3.85. The summed E-state index contributed by atoms with van der Waals surface area (Å²) in [6.45, 7) is 1.59. The van der Waals surface area contributed by atoms with Crippen LogP contribution in [-0.4, -0.2) is 12.9 Å². The van der Waals surface area contributed by atoms with Gasteiger partial charge in [-0.05, 0) is 36.8 Å². The first kappa shape index (κ1) is 13.7. The Balaban J connectivity index is 2.05. The summed E-state index contributed by atoms with van der Waals surface area (Å²) in [6, 6.07) is 15.8. The molecule has 0 saturated carbocycles. The quantitative estimate of drug-likeness (QED) is 0.603. The van der Waals surface area contributed by atoms with Gasteiger partial charge >= 0.3 is 0 Å². The lowest BCUT2D eigenvalue weighted by atomic mass is 10.2. The number of hydrogen-bond donors (Lipinski definition) is 0. The van der Waals surface area contributed by atoms with Gasteiger partial charge in [0.25, 0.3) is 0 Å². The van der Waals surface area contributed by atoms with Crippen LogP contribution in [0.4, 0.5) is 0 Å². The molecule has 19 heavy (non-hydrogen) atoms. The van der Waals surface area contributed by atoms with Gasteiger partial charge in [0, 0.05) is 16.2 Å². The molecule has 0 aliphatic carbocycles. The second-order valence-electron chi connectivity index (χ2n) is 4.22. The molecule has 0 fully saturated rings. The summed E-state index contributed by atoms with van der Waals surface area (Å²) in [7, 11) is 1.67. The fourth-order valence-corrected chi connectivity index (χ4v) is 2.63. The number of benzene rings is 2. The predicted octanol–water partition coefficient (Wildman–Crippen LogP) is 4.19. The molecule has 2 aromatic rings. The number of Topliss-reactive ketones (excluding diaryl/α,β-unsaturated/α-hetero) is 1. The first-order valence-electron chi connectivity index (χ1n) is 6.06. The minimum absolute atomic E-state index is 0.101. The molecule has 98 valence electrons. The molecule has 0 aromatic heterocycles. The van der Waals surface area contributed by atoms with Crippen LogP contribution in [0.5, 0.6) is 5.75 Å². The summed E-state index contributed by atoms with van der Waals surface area (Å²) < 4.78 is 5.20. The topological polar surface area (TPSA) is 26.3 Å². The van der Waals surface area contributed by atoms with Gasteiger partial charge in [0.2, 0.25) is 0 Å². The highest BCUT2D eigenvalue weighted by atomic mass is 32.2. The van der Waals surface area contributed by atoms with Crippen LogP contribution in [0, 0.1) is 0 Å². The highest BCUT2D eigenvalue weighted by Gasteiger charge is 2.02. The predicted molar refractivity (Wildman–Crippen MR) is 79.0 cm³/mol. The molecule has 0 spiro atoms. The summed E-state index contributed by atoms with van der Waals surface area (Å²) in [4.78, 5) is 12.4. The van der Waals surface area contributed by atoms with Gasteiger partial charge in [-0.15, -0.1) is 11.8 Å². The van der Waals surface area contributed by atoms with E-state index in [4.69, 9.17) is 4.74 Å². The highest BCUT2D eigenvalue weighted by Crippen LogP contribution is 2.25. The van der Waals surface area contributed by atoms with Crippen molar-refractivity contribution >= 4 is 17.5 Å². The van der Waals surface area contributed by atoms with Gasteiger partial charge in [-0.25, -0.2) is 0 Å². The van der Waals surface area contributed by atoms with Gasteiger partial charge in [0.1, 0.15) is 5.75 Å². The molecule has 0 aliphatic rings. The van der Waals surface area contributed by atoms with E-state index in [0.29, 0.717) is 0 Å². The highest BCUT2D eigenvalue weighted by molar-refractivity contribution is 7.98. The molecule has 0 radical (unpaired) electrons. The van der Waals surface area contributed by atoms with E-state index in [2.05, 4.69) is 6.07 Å². The third-order valence-electron chi connectivity index (χ3n) is 2.78. The molecular weight excluding hydrogens is 256 g/mol. The monoisotopic (exact) mass is 272 g/mol. The van der Waals surface area contributed by atoms with Crippen LogP contribution in [0.15, 0.2) is 53.4 Å². The van der Waals surface area contributed by atoms with Crippen LogP contribution in [0.3, 0.4) is 0 Å². The maximum absolute atomic E-state index is 11.3. The molecule has 0 N–H and O–H groups in total. The zero-order valence-electron chi connectivity index (χ0n) is 11.1. The number of ether oxygens (including phenoxy) is 1. The van der Waals surface area contributed by atoms with Crippen molar-refractivity contribution < 1.29 is 9.53 Å². The smallest absolute Gasteiger partial charge is 0.159 e. The van der Waals surface area contributed by atoms with E-state index >= 15 is 0 Å². The van der Waals surface area contributed by atoms with Gasteiger partial charge in [-0.1, -0.05) is 24.3 Å². The Morgan fingerprint density at radius 3 is 2.68 bits per heavy atom. The van der Waals surface area contributed by atoms with Crippen LogP contribution in [0.1, 0.15) is 22.8 Å². The molecule has 0 amide bonds. The van der Waals surface area contributed by atoms with Crippen molar-refractivity contribution in [3.05, 3.63) is 59.7 Å². The molecule has 0 atom stereocenters. The van der Waals surface area contributed by atoms with Crippen LogP contribution < -0.4 is 4.74 Å². The Bertz CT molecular complexity index is 578. The molecule has 0 saturated heterocycles. The Hall–Kier alpha value is -1.74. The maximum Gasteiger partial charge on any atom is 0.159 e. The fraction of sp³-hybridized carbons (Fsp3) is 0.188. The van der Waals surface area contributed by atoms with Gasteiger partial charge in [0.05, 0.1) is 7.11 Å². The molecule has 2 nitrogen and oxygen atoms in total. The number of carbonyl (C=O) groups is 1. The van der Waals surface area contributed by atoms with E-state index in [1.54, 1.807) is 25.8 Å². The zero-order valence-corrected chi connectivity index (χ0v) is 11.9. The lowest BCUT2D eigenvalue weighted by molar-refractivity contribution is 0.101. The second kappa shape index (κ2) is 6.43. The number of methoxy groups -OCH3 is 1. The number of carbonyl (C=O) groups excluding carboxylic acids is 1. The minimum atomic E-state index is 0.101. The summed E-state index contributed by atoms with van der Waals surface area (Å²) in [5.74, 6) is 1.83. The molecule has 0 bridgehead atoms. The molecule has 0 heterocycles. The third kappa shape index (κ3) is 3.86. The summed E-state index contributed by atoms with van der Waals surface area (Å²) in [5, 5.41) is 0. The average Bonchev–Trinajstić information content (AvgIpc) is 2.45. The van der Waals surface area contributed by atoms with Gasteiger partial charge in [-0.2, -0.15) is 0 Å². The summed E-state index contributed by atoms with van der Waals surface area (Å²) in [5.41, 5.74) is 1.97. The normalized spacial score (nSPS) is 10.2. The number of thioether (sulfide) groups is 1. The van der Waals surface area contributed by atoms with E-state index in [1.165, 1.54) is 5.56 Å². The Morgan fingerprint density at radius 2 is 1.95 bits per heavy atom. The van der Waals surface area contributed by atoms with Crippen molar-refractivity contribution in [2.45, 2.75) is 17.6 Å². The maximum atomic E-state index is 11.3. The van der Waals surface area contributed by atoms with E-state index in [9.17, 15) is 4.79 Å². The second-order valence-corrected chi connectivity index (χ2v) is 5.27. The lowest BCUT2D eigenvalue weighted by Gasteiger charge is -2.05. The minimum Gasteiger partial charge on any atom is -0.497 e. The lowest BCUT2D eigenvalue weighted by Crippen LogP contribution is -1.91. The number of rotatable bonds is 5. The molecule has 0 aliphatic heterocycles. The Morgan fingerprint density at radius 1 is 1.16 bits per heavy atom. The molecule has 3 heteroatoms. The number of ketones is 1. The largest absolute Gasteiger partial charge is 0.497 e. The number of hydrogen-bond acceptors (Lipinski definition) is 3. The first-order valence-corrected chi connectivity index (χ1v) is 7.04. The summed E-state index contributed by atoms with van der Waals surface area (Å²) >= 11 is 1.72. The van der Waals surface area contributed by atoms with E-state index in [1.807, 2.05) is 42.5 Å². The van der Waals surface area contributed by atoms with Crippen LogP contribution in [-0.2, 0) is 5.75 Å². The van der Waals surface area contributed by atoms with Gasteiger partial charge in [-0.3, -0.25) is 4.79 Å². The molecule has 0 unspecified atom stereocenters. The average molecular weight is 272 g/mol. The van der Waals surface area contributed by atoms with Gasteiger partial charge < -0.3 is 4.74 Å². The standard InChI is InChI=1S/C16H16O2S/c1-12(17)14-6-4-8-16(10-14)19-11-13-5-3-7-15(9-13)18-2/h3-10H,11H2,1-2H3. The van der Waals surface area contributed by atoms with Crippen molar-refractivity contribution in [2.75, 3.05) is 7.11 Å². The first-order chi connectivity index (χ1) is 9.19. The Kier molecular flexibility index (Phi) is 4.63. The SMILES string of the molecule is COc1cccc(CSc2cccc(C(C)=O)c2)c1. The van der Waals surface area contributed by atoms with Crippen molar-refractivity contribution in [2.24, 2.45) is 0 Å². The van der Waals surface area contributed by atoms with E-state index < -0.39 is 0 Å². The van der Waals surface area contributed by atoms with Gasteiger partial charge in [0.15, 0.2) is 5.78 Å². The van der Waals surface area contributed by atoms with Crippen molar-refractivity contribution in [3.63, 3.8) is 0 Å². The molecular formula is C16H16O2S. The van der Waals surface area contributed by atoms with E-state index in [0.717, 1.165) is 22.0 Å². The molecule has 2 rings (SSSR count). The zero-order chi connectivity index (χ0) is 13.7. The van der Waals surface area contributed by atoms with Crippen molar-refractivity contribution in [1.29, 1.82) is 0 Å². The van der Waals surface area contributed by atoms with Crippen LogP contribution in [0.25, 0.3) is 0 Å².